The fourth-order valence-corrected chi connectivity index (χ4v) is 4.36. The van der Waals surface area contributed by atoms with E-state index < -0.39 is 0 Å². The number of fused-ring (bicyclic) bond motifs is 3. The van der Waals surface area contributed by atoms with E-state index in [9.17, 15) is 4.39 Å². The van der Waals surface area contributed by atoms with Gasteiger partial charge in [0.15, 0.2) is 0 Å². The van der Waals surface area contributed by atoms with Crippen LogP contribution in [0.25, 0.3) is 22.4 Å². The number of hydrogen-bond acceptors (Lipinski definition) is 1. The van der Waals surface area contributed by atoms with Gasteiger partial charge in [0.1, 0.15) is 5.82 Å². The molecule has 2 aromatic carbocycles. The molecule has 1 nitrogen and oxygen atoms in total. The van der Waals surface area contributed by atoms with Crippen LogP contribution in [0.2, 0.25) is 0 Å². The van der Waals surface area contributed by atoms with Gasteiger partial charge >= 0.3 is 0 Å². The van der Waals surface area contributed by atoms with Crippen LogP contribution in [-0.2, 0) is 12.8 Å². The van der Waals surface area contributed by atoms with Gasteiger partial charge in [0.05, 0.1) is 5.69 Å². The van der Waals surface area contributed by atoms with Gasteiger partial charge in [0.25, 0.3) is 0 Å². The standard InChI is InChI=1S/C25H26FN/c1-15(2)24-17(4)23(19-10-12-20(26)13-11-19)21-7-5-6-18-9-8-16(3)14-22(18)25(21)27-24/h8-15H,5-7H2,1-4H3. The first kappa shape index (κ1) is 17.9. The van der Waals surface area contributed by atoms with Crippen LogP contribution >= 0.6 is 0 Å². The third-order valence-corrected chi connectivity index (χ3v) is 5.65. The SMILES string of the molecule is Cc1ccc2c(c1)-c1nc(C(C)C)c(C)c(-c3ccc(F)cc3)c1CCC2. The second-order valence-corrected chi connectivity index (χ2v) is 8.00. The molecule has 0 unspecified atom stereocenters. The third-order valence-electron chi connectivity index (χ3n) is 5.65. The van der Waals surface area contributed by atoms with E-state index in [4.69, 9.17) is 4.98 Å². The summed E-state index contributed by atoms with van der Waals surface area (Å²) in [7, 11) is 0. The molecular weight excluding hydrogens is 333 g/mol. The molecule has 0 saturated carbocycles. The molecule has 1 aliphatic rings. The zero-order valence-electron chi connectivity index (χ0n) is 16.6. The Morgan fingerprint density at radius 2 is 1.70 bits per heavy atom. The number of rotatable bonds is 2. The van der Waals surface area contributed by atoms with Gasteiger partial charge < -0.3 is 0 Å². The van der Waals surface area contributed by atoms with Crippen LogP contribution < -0.4 is 0 Å². The highest BCUT2D eigenvalue weighted by molar-refractivity contribution is 5.81. The number of nitrogens with zero attached hydrogens (tertiary/aromatic N) is 1. The van der Waals surface area contributed by atoms with Crippen LogP contribution in [0.15, 0.2) is 42.5 Å². The van der Waals surface area contributed by atoms with Crippen LogP contribution in [0.4, 0.5) is 4.39 Å². The van der Waals surface area contributed by atoms with Gasteiger partial charge in [-0.3, -0.25) is 4.98 Å². The van der Waals surface area contributed by atoms with Crippen LogP contribution in [0, 0.1) is 19.7 Å². The van der Waals surface area contributed by atoms with Gasteiger partial charge in [-0.25, -0.2) is 4.39 Å². The summed E-state index contributed by atoms with van der Waals surface area (Å²) in [6.45, 7) is 8.71. The Bertz CT molecular complexity index is 1000. The number of halogens is 1. The lowest BCUT2D eigenvalue weighted by Gasteiger charge is -2.21. The summed E-state index contributed by atoms with van der Waals surface area (Å²) in [5, 5.41) is 0. The Hall–Kier alpha value is -2.48. The van der Waals surface area contributed by atoms with E-state index in [1.54, 1.807) is 12.1 Å². The molecule has 3 aromatic rings. The molecule has 0 fully saturated rings. The van der Waals surface area contributed by atoms with Crippen LogP contribution in [-0.4, -0.2) is 4.98 Å². The lowest BCUT2D eigenvalue weighted by molar-refractivity contribution is 0.628. The molecule has 1 aromatic heterocycles. The topological polar surface area (TPSA) is 12.9 Å². The molecule has 0 radical (unpaired) electrons. The molecule has 1 heterocycles. The predicted octanol–water partition coefficient (Wildman–Crippen LogP) is 6.78. The third kappa shape index (κ3) is 3.18. The maximum atomic E-state index is 13.5. The molecule has 4 rings (SSSR count). The van der Waals surface area contributed by atoms with Crippen LogP contribution in [0.1, 0.15) is 54.1 Å². The zero-order chi connectivity index (χ0) is 19.1. The molecule has 0 spiro atoms. The largest absolute Gasteiger partial charge is 0.252 e. The van der Waals surface area contributed by atoms with E-state index in [0.717, 1.165) is 36.2 Å². The highest BCUT2D eigenvalue weighted by atomic mass is 19.1. The summed E-state index contributed by atoms with van der Waals surface area (Å²) in [5.41, 5.74) is 11.1. The lowest BCUT2D eigenvalue weighted by atomic mass is 9.87. The van der Waals surface area contributed by atoms with E-state index in [-0.39, 0.29) is 5.82 Å². The van der Waals surface area contributed by atoms with Crippen molar-refractivity contribution in [3.8, 4) is 22.4 Å². The number of hydrogen-bond donors (Lipinski definition) is 0. The number of pyridine rings is 1. The second-order valence-electron chi connectivity index (χ2n) is 8.00. The number of aromatic nitrogens is 1. The van der Waals surface area contributed by atoms with Crippen molar-refractivity contribution in [3.63, 3.8) is 0 Å². The maximum absolute atomic E-state index is 13.5. The van der Waals surface area contributed by atoms with Crippen molar-refractivity contribution in [3.05, 3.63) is 76.2 Å². The Balaban J connectivity index is 2.07. The van der Waals surface area contributed by atoms with Crippen molar-refractivity contribution >= 4 is 0 Å². The van der Waals surface area contributed by atoms with Gasteiger partial charge in [-0.1, -0.05) is 43.7 Å². The van der Waals surface area contributed by atoms with E-state index >= 15 is 0 Å². The average molecular weight is 359 g/mol. The predicted molar refractivity (Wildman–Crippen MR) is 111 cm³/mol. The Morgan fingerprint density at radius 3 is 2.41 bits per heavy atom. The minimum Gasteiger partial charge on any atom is -0.252 e. The van der Waals surface area contributed by atoms with Crippen molar-refractivity contribution in [2.24, 2.45) is 0 Å². The van der Waals surface area contributed by atoms with Crippen molar-refractivity contribution in [2.75, 3.05) is 0 Å². The van der Waals surface area contributed by atoms with E-state index in [0.29, 0.717) is 5.92 Å². The van der Waals surface area contributed by atoms with Crippen molar-refractivity contribution < 1.29 is 4.39 Å². The van der Waals surface area contributed by atoms with Gasteiger partial charge in [-0.15, -0.1) is 0 Å². The molecule has 2 heteroatoms. The normalized spacial score (nSPS) is 13.3. The summed E-state index contributed by atoms with van der Waals surface area (Å²) in [5.74, 6) is 0.146. The zero-order valence-corrected chi connectivity index (χ0v) is 16.6. The second kappa shape index (κ2) is 6.92. The first-order valence-corrected chi connectivity index (χ1v) is 9.85. The summed E-state index contributed by atoms with van der Waals surface area (Å²) in [6, 6.07) is 13.7. The fraction of sp³-hybridized carbons (Fsp3) is 0.320. The Morgan fingerprint density at radius 1 is 0.963 bits per heavy atom. The van der Waals surface area contributed by atoms with Gasteiger partial charge in [0.2, 0.25) is 0 Å². The van der Waals surface area contributed by atoms with Crippen LogP contribution in [0.3, 0.4) is 0 Å². The molecule has 0 aliphatic heterocycles. The molecule has 1 aliphatic carbocycles. The van der Waals surface area contributed by atoms with Crippen molar-refractivity contribution in [2.45, 2.75) is 52.9 Å². The fourth-order valence-electron chi connectivity index (χ4n) is 4.36. The Labute approximate surface area is 161 Å². The number of aryl methyl sites for hydroxylation is 2. The van der Waals surface area contributed by atoms with E-state index in [1.165, 1.54) is 33.4 Å². The molecule has 0 N–H and O–H groups in total. The minimum absolute atomic E-state index is 0.193. The summed E-state index contributed by atoms with van der Waals surface area (Å²) < 4.78 is 13.5. The average Bonchev–Trinajstić information content (AvgIpc) is 2.81. The van der Waals surface area contributed by atoms with Crippen molar-refractivity contribution in [1.82, 2.24) is 4.98 Å². The van der Waals surface area contributed by atoms with Gasteiger partial charge in [0, 0.05) is 11.3 Å². The van der Waals surface area contributed by atoms with Gasteiger partial charge in [-0.05, 0) is 85.0 Å². The smallest absolute Gasteiger partial charge is 0.123 e. The summed E-state index contributed by atoms with van der Waals surface area (Å²) in [6.07, 6.45) is 3.19. The van der Waals surface area contributed by atoms with Gasteiger partial charge in [-0.2, -0.15) is 0 Å². The molecule has 0 saturated heterocycles. The summed E-state index contributed by atoms with van der Waals surface area (Å²) >= 11 is 0. The highest BCUT2D eigenvalue weighted by Gasteiger charge is 2.24. The van der Waals surface area contributed by atoms with Crippen LogP contribution in [0.5, 0.6) is 0 Å². The van der Waals surface area contributed by atoms with E-state index in [2.05, 4.69) is 45.9 Å². The minimum atomic E-state index is -0.193. The molecular formula is C25H26FN. The monoisotopic (exact) mass is 359 g/mol. The maximum Gasteiger partial charge on any atom is 0.123 e. The summed E-state index contributed by atoms with van der Waals surface area (Å²) in [4.78, 5) is 5.18. The highest BCUT2D eigenvalue weighted by Crippen LogP contribution is 2.41. The molecule has 0 atom stereocenters. The first-order chi connectivity index (χ1) is 13.0. The molecule has 0 amide bonds. The molecule has 138 valence electrons. The van der Waals surface area contributed by atoms with E-state index in [1.807, 2.05) is 12.1 Å². The quantitative estimate of drug-likeness (QED) is 0.491. The lowest BCUT2D eigenvalue weighted by Crippen LogP contribution is -2.06. The first-order valence-electron chi connectivity index (χ1n) is 9.85. The molecule has 0 bridgehead atoms. The Kier molecular flexibility index (Phi) is 4.59. The molecule has 27 heavy (non-hydrogen) atoms. The van der Waals surface area contributed by atoms with Crippen molar-refractivity contribution in [1.29, 1.82) is 0 Å². The number of benzene rings is 2.